The summed E-state index contributed by atoms with van der Waals surface area (Å²) >= 11 is 5.73. The first-order valence-corrected chi connectivity index (χ1v) is 4.78. The Morgan fingerprint density at radius 2 is 2.29 bits per heavy atom. The Bertz CT molecular complexity index is 466. The molecule has 2 aromatic rings. The number of halogens is 2. The zero-order valence-electron chi connectivity index (χ0n) is 7.67. The predicted molar refractivity (Wildman–Crippen MR) is 52.8 cm³/mol. The van der Waals surface area contributed by atoms with Crippen molar-refractivity contribution in [3.8, 4) is 0 Å². The van der Waals surface area contributed by atoms with Crippen molar-refractivity contribution in [1.29, 1.82) is 0 Å². The van der Waals surface area contributed by atoms with Gasteiger partial charge in [-0.25, -0.2) is 9.67 Å². The quantitative estimate of drug-likeness (QED) is 0.718. The molecule has 0 fully saturated rings. The van der Waals surface area contributed by atoms with E-state index in [4.69, 9.17) is 11.6 Å². The molecule has 0 radical (unpaired) electrons. The van der Waals surface area contributed by atoms with Crippen molar-refractivity contribution in [1.82, 2.24) is 14.8 Å². The van der Waals surface area contributed by atoms with Gasteiger partial charge in [0.05, 0.1) is 5.39 Å². The number of aromatic nitrogens is 3. The molecule has 3 nitrogen and oxygen atoms in total. The van der Waals surface area contributed by atoms with E-state index < -0.39 is 5.95 Å². The summed E-state index contributed by atoms with van der Waals surface area (Å²) in [5, 5.41) is 4.53. The Morgan fingerprint density at radius 3 is 3.00 bits per heavy atom. The van der Waals surface area contributed by atoms with E-state index in [0.717, 1.165) is 6.42 Å². The highest BCUT2D eigenvalue weighted by Crippen LogP contribution is 2.18. The Kier molecular flexibility index (Phi) is 2.37. The third-order valence-corrected chi connectivity index (χ3v) is 2.16. The number of aryl methyl sites for hydroxylation is 1. The number of hydrogen-bond acceptors (Lipinski definition) is 2. The smallest absolute Gasteiger partial charge is 0.242 e. The SMILES string of the molecule is CCCn1nc(F)c2ccc(Cl)nc21. The lowest BCUT2D eigenvalue weighted by Gasteiger charge is -1.98. The largest absolute Gasteiger partial charge is 0.244 e. The van der Waals surface area contributed by atoms with Gasteiger partial charge >= 0.3 is 0 Å². The second-order valence-electron chi connectivity index (χ2n) is 3.02. The van der Waals surface area contributed by atoms with E-state index in [2.05, 4.69) is 10.1 Å². The molecule has 0 saturated heterocycles. The summed E-state index contributed by atoms with van der Waals surface area (Å²) in [7, 11) is 0. The average Bonchev–Trinajstić information content (AvgIpc) is 2.44. The van der Waals surface area contributed by atoms with Gasteiger partial charge in [-0.1, -0.05) is 18.5 Å². The lowest BCUT2D eigenvalue weighted by Crippen LogP contribution is -2.00. The molecule has 2 aromatic heterocycles. The fraction of sp³-hybridized carbons (Fsp3) is 0.333. The van der Waals surface area contributed by atoms with E-state index in [1.807, 2.05) is 6.92 Å². The summed E-state index contributed by atoms with van der Waals surface area (Å²) in [5.41, 5.74) is 0.511. The summed E-state index contributed by atoms with van der Waals surface area (Å²) in [6, 6.07) is 3.16. The molecule has 0 spiro atoms. The molecule has 0 aliphatic heterocycles. The molecule has 74 valence electrons. The van der Waals surface area contributed by atoms with Crippen LogP contribution >= 0.6 is 11.6 Å². The Balaban J connectivity index is 2.66. The van der Waals surface area contributed by atoms with Gasteiger partial charge in [-0.3, -0.25) is 0 Å². The summed E-state index contributed by atoms with van der Waals surface area (Å²) in [6.45, 7) is 2.64. The average molecular weight is 214 g/mol. The fourth-order valence-corrected chi connectivity index (χ4v) is 1.50. The molecule has 2 heterocycles. The van der Waals surface area contributed by atoms with Crippen LogP contribution in [0.5, 0.6) is 0 Å². The zero-order chi connectivity index (χ0) is 10.1. The molecule has 0 aliphatic rings. The normalized spacial score (nSPS) is 11.1. The van der Waals surface area contributed by atoms with Gasteiger partial charge in [0, 0.05) is 6.54 Å². The van der Waals surface area contributed by atoms with Gasteiger partial charge in [0.1, 0.15) is 5.15 Å². The minimum atomic E-state index is -0.488. The van der Waals surface area contributed by atoms with Gasteiger partial charge in [0.25, 0.3) is 0 Å². The molecule has 5 heteroatoms. The summed E-state index contributed by atoms with van der Waals surface area (Å²) in [5.74, 6) is -0.488. The lowest BCUT2D eigenvalue weighted by atomic mass is 10.3. The minimum Gasteiger partial charge on any atom is -0.244 e. The fourth-order valence-electron chi connectivity index (χ4n) is 1.36. The van der Waals surface area contributed by atoms with Gasteiger partial charge in [-0.2, -0.15) is 4.39 Å². The Morgan fingerprint density at radius 1 is 1.50 bits per heavy atom. The number of fused-ring (bicyclic) bond motifs is 1. The highest BCUT2D eigenvalue weighted by atomic mass is 35.5. The standard InChI is InChI=1S/C9H9ClFN3/c1-2-5-14-9-6(8(11)13-14)3-4-7(10)12-9/h3-4H,2,5H2,1H3. The van der Waals surface area contributed by atoms with Crippen LogP contribution in [-0.4, -0.2) is 14.8 Å². The van der Waals surface area contributed by atoms with Crippen LogP contribution in [0.15, 0.2) is 12.1 Å². The maximum Gasteiger partial charge on any atom is 0.242 e. The number of pyridine rings is 1. The van der Waals surface area contributed by atoms with E-state index >= 15 is 0 Å². The van der Waals surface area contributed by atoms with E-state index in [-0.39, 0.29) is 0 Å². The molecule has 0 bridgehead atoms. The van der Waals surface area contributed by atoms with Gasteiger partial charge in [0.2, 0.25) is 5.95 Å². The van der Waals surface area contributed by atoms with Crippen molar-refractivity contribution in [2.24, 2.45) is 0 Å². The number of nitrogens with zero attached hydrogens (tertiary/aromatic N) is 3. The van der Waals surface area contributed by atoms with Gasteiger partial charge in [0.15, 0.2) is 5.65 Å². The molecule has 0 N–H and O–H groups in total. The summed E-state index contributed by atoms with van der Waals surface area (Å²) in [4.78, 5) is 4.04. The van der Waals surface area contributed by atoms with Crippen LogP contribution in [0.3, 0.4) is 0 Å². The summed E-state index contributed by atoms with van der Waals surface area (Å²) in [6.07, 6.45) is 0.879. The van der Waals surface area contributed by atoms with Crippen molar-refractivity contribution < 1.29 is 4.39 Å². The van der Waals surface area contributed by atoms with E-state index in [1.165, 1.54) is 4.68 Å². The molecule has 0 unspecified atom stereocenters. The van der Waals surface area contributed by atoms with Crippen LogP contribution in [0, 0.1) is 5.95 Å². The monoisotopic (exact) mass is 213 g/mol. The second kappa shape index (κ2) is 3.53. The molecule has 2 rings (SSSR count). The molecule has 0 amide bonds. The number of hydrogen-bond donors (Lipinski definition) is 0. The van der Waals surface area contributed by atoms with Crippen LogP contribution in [0.2, 0.25) is 5.15 Å². The molecule has 0 aromatic carbocycles. The molecule has 0 atom stereocenters. The van der Waals surface area contributed by atoms with E-state index in [1.54, 1.807) is 12.1 Å². The van der Waals surface area contributed by atoms with Crippen LogP contribution in [0.25, 0.3) is 11.0 Å². The maximum absolute atomic E-state index is 13.2. The predicted octanol–water partition coefficient (Wildman–Crippen LogP) is 2.63. The topological polar surface area (TPSA) is 30.7 Å². The van der Waals surface area contributed by atoms with Gasteiger partial charge in [-0.15, -0.1) is 5.10 Å². The zero-order valence-corrected chi connectivity index (χ0v) is 8.42. The van der Waals surface area contributed by atoms with Crippen molar-refractivity contribution >= 4 is 22.6 Å². The maximum atomic E-state index is 13.2. The molecule has 0 saturated carbocycles. The molecule has 0 aliphatic carbocycles. The third-order valence-electron chi connectivity index (χ3n) is 1.95. The van der Waals surface area contributed by atoms with E-state index in [9.17, 15) is 4.39 Å². The van der Waals surface area contributed by atoms with Crippen molar-refractivity contribution in [2.75, 3.05) is 0 Å². The van der Waals surface area contributed by atoms with Crippen LogP contribution < -0.4 is 0 Å². The van der Waals surface area contributed by atoms with E-state index in [0.29, 0.717) is 22.7 Å². The number of rotatable bonds is 2. The van der Waals surface area contributed by atoms with Gasteiger partial charge in [-0.05, 0) is 18.6 Å². The van der Waals surface area contributed by atoms with Crippen LogP contribution in [-0.2, 0) is 6.54 Å². The Hall–Kier alpha value is -1.16. The molecular weight excluding hydrogens is 205 g/mol. The first-order valence-electron chi connectivity index (χ1n) is 4.41. The summed E-state index contributed by atoms with van der Waals surface area (Å²) < 4.78 is 14.8. The molecular formula is C9H9ClFN3. The Labute approximate surface area is 85.5 Å². The van der Waals surface area contributed by atoms with Crippen molar-refractivity contribution in [2.45, 2.75) is 19.9 Å². The molecule has 14 heavy (non-hydrogen) atoms. The lowest BCUT2D eigenvalue weighted by molar-refractivity contribution is 0.526. The first kappa shape index (κ1) is 9.40. The van der Waals surface area contributed by atoms with Crippen molar-refractivity contribution in [3.05, 3.63) is 23.2 Å². The van der Waals surface area contributed by atoms with Crippen molar-refractivity contribution in [3.63, 3.8) is 0 Å². The van der Waals surface area contributed by atoms with Crippen LogP contribution in [0.4, 0.5) is 4.39 Å². The second-order valence-corrected chi connectivity index (χ2v) is 3.41. The first-order chi connectivity index (χ1) is 6.72. The third kappa shape index (κ3) is 1.46. The van der Waals surface area contributed by atoms with Crippen LogP contribution in [0.1, 0.15) is 13.3 Å². The highest BCUT2D eigenvalue weighted by molar-refractivity contribution is 6.29. The van der Waals surface area contributed by atoms with Gasteiger partial charge < -0.3 is 0 Å². The highest BCUT2D eigenvalue weighted by Gasteiger charge is 2.10. The minimum absolute atomic E-state index is 0.356.